The fraction of sp³-hybridized carbons (Fsp3) is 0.615. The summed E-state index contributed by atoms with van der Waals surface area (Å²) in [6.07, 6.45) is 1.59. The highest BCUT2D eigenvalue weighted by Crippen LogP contribution is 2.35. The number of hydrogen-bond acceptors (Lipinski definition) is 5. The quantitative estimate of drug-likeness (QED) is 0.873. The second kappa shape index (κ2) is 5.88. The molecule has 0 aliphatic carbocycles. The Balaban J connectivity index is 2.03. The van der Waals surface area contributed by atoms with Crippen LogP contribution in [-0.4, -0.2) is 40.0 Å². The molecule has 1 saturated heterocycles. The van der Waals surface area contributed by atoms with E-state index >= 15 is 0 Å². The molecule has 1 aliphatic rings. The average Bonchev–Trinajstić information content (AvgIpc) is 2.95. The molecule has 0 aromatic carbocycles. The number of thiazole rings is 1. The SMILES string of the molecule is CCC1(C(=O)O)CCN(C(=O)c2csc(CN)n2)CC1. The molecule has 20 heavy (non-hydrogen) atoms. The third kappa shape index (κ3) is 2.69. The predicted molar refractivity (Wildman–Crippen MR) is 75.5 cm³/mol. The highest BCUT2D eigenvalue weighted by molar-refractivity contribution is 7.09. The summed E-state index contributed by atoms with van der Waals surface area (Å²) in [4.78, 5) is 29.5. The molecule has 6 nitrogen and oxygen atoms in total. The van der Waals surface area contributed by atoms with Gasteiger partial charge in [0.2, 0.25) is 0 Å². The molecule has 1 amide bonds. The summed E-state index contributed by atoms with van der Waals surface area (Å²) >= 11 is 1.37. The molecule has 1 aromatic heterocycles. The zero-order valence-corrected chi connectivity index (χ0v) is 12.3. The number of carboxylic acid groups (broad SMARTS) is 1. The third-order valence-electron chi connectivity index (χ3n) is 4.08. The highest BCUT2D eigenvalue weighted by atomic mass is 32.1. The van der Waals surface area contributed by atoms with Gasteiger partial charge < -0.3 is 15.7 Å². The van der Waals surface area contributed by atoms with Gasteiger partial charge >= 0.3 is 5.97 Å². The first-order valence-electron chi connectivity index (χ1n) is 6.69. The van der Waals surface area contributed by atoms with E-state index < -0.39 is 11.4 Å². The van der Waals surface area contributed by atoms with Gasteiger partial charge in [0.05, 0.1) is 5.41 Å². The molecule has 0 atom stereocenters. The normalized spacial score (nSPS) is 18.0. The van der Waals surface area contributed by atoms with Gasteiger partial charge in [0.25, 0.3) is 5.91 Å². The Morgan fingerprint density at radius 3 is 2.60 bits per heavy atom. The van der Waals surface area contributed by atoms with Crippen LogP contribution >= 0.6 is 11.3 Å². The van der Waals surface area contributed by atoms with Crippen molar-refractivity contribution in [2.24, 2.45) is 11.1 Å². The van der Waals surface area contributed by atoms with Gasteiger partial charge in [-0.25, -0.2) is 4.98 Å². The molecular formula is C13H19N3O3S. The summed E-state index contributed by atoms with van der Waals surface area (Å²) in [6, 6.07) is 0. The second-order valence-electron chi connectivity index (χ2n) is 5.06. The van der Waals surface area contributed by atoms with Gasteiger partial charge in [-0.15, -0.1) is 11.3 Å². The predicted octanol–water partition coefficient (Wildman–Crippen LogP) is 1.32. The maximum Gasteiger partial charge on any atom is 0.309 e. The van der Waals surface area contributed by atoms with E-state index in [9.17, 15) is 14.7 Å². The minimum Gasteiger partial charge on any atom is -0.481 e. The van der Waals surface area contributed by atoms with E-state index in [1.807, 2.05) is 6.92 Å². The lowest BCUT2D eigenvalue weighted by Gasteiger charge is -2.38. The van der Waals surface area contributed by atoms with Crippen LogP contribution in [0.15, 0.2) is 5.38 Å². The molecule has 1 aliphatic heterocycles. The first kappa shape index (κ1) is 14.9. The van der Waals surface area contributed by atoms with Crippen molar-refractivity contribution >= 4 is 23.2 Å². The Hall–Kier alpha value is -1.47. The smallest absolute Gasteiger partial charge is 0.309 e. The standard InChI is InChI=1S/C13H19N3O3S/c1-2-13(12(18)19)3-5-16(6-4-13)11(17)9-8-20-10(7-14)15-9/h8H,2-7,14H2,1H3,(H,18,19). The summed E-state index contributed by atoms with van der Waals surface area (Å²) in [5.74, 6) is -0.887. The molecular weight excluding hydrogens is 278 g/mol. The van der Waals surface area contributed by atoms with Gasteiger partial charge in [-0.05, 0) is 19.3 Å². The number of carboxylic acids is 1. The van der Waals surface area contributed by atoms with E-state index in [-0.39, 0.29) is 5.91 Å². The van der Waals surface area contributed by atoms with Crippen LogP contribution in [0.5, 0.6) is 0 Å². The average molecular weight is 297 g/mol. The summed E-state index contributed by atoms with van der Waals surface area (Å²) < 4.78 is 0. The Morgan fingerprint density at radius 2 is 2.15 bits per heavy atom. The number of likely N-dealkylation sites (tertiary alicyclic amines) is 1. The fourth-order valence-corrected chi connectivity index (χ4v) is 3.17. The van der Waals surface area contributed by atoms with Crippen molar-refractivity contribution in [2.45, 2.75) is 32.7 Å². The maximum atomic E-state index is 12.3. The van der Waals surface area contributed by atoms with Crippen LogP contribution in [0.4, 0.5) is 0 Å². The van der Waals surface area contributed by atoms with Gasteiger partial charge in [0.1, 0.15) is 10.7 Å². The number of nitrogens with zero attached hydrogens (tertiary/aromatic N) is 2. The van der Waals surface area contributed by atoms with Crippen LogP contribution in [0.1, 0.15) is 41.7 Å². The molecule has 0 spiro atoms. The van der Waals surface area contributed by atoms with Crippen LogP contribution in [0.2, 0.25) is 0 Å². The molecule has 2 heterocycles. The van der Waals surface area contributed by atoms with Crippen LogP contribution in [0.3, 0.4) is 0 Å². The number of aromatic nitrogens is 1. The zero-order valence-electron chi connectivity index (χ0n) is 11.5. The third-order valence-corrected chi connectivity index (χ3v) is 4.95. The van der Waals surface area contributed by atoms with Gasteiger partial charge in [0.15, 0.2) is 0 Å². The summed E-state index contributed by atoms with van der Waals surface area (Å²) in [5, 5.41) is 11.8. The van der Waals surface area contributed by atoms with Crippen molar-refractivity contribution in [1.82, 2.24) is 9.88 Å². The van der Waals surface area contributed by atoms with Crippen LogP contribution in [0, 0.1) is 5.41 Å². The molecule has 0 unspecified atom stereocenters. The molecule has 110 valence electrons. The van der Waals surface area contributed by atoms with Crippen molar-refractivity contribution in [2.75, 3.05) is 13.1 Å². The van der Waals surface area contributed by atoms with E-state index in [0.717, 1.165) is 5.01 Å². The van der Waals surface area contributed by atoms with Crippen LogP contribution in [-0.2, 0) is 11.3 Å². The largest absolute Gasteiger partial charge is 0.481 e. The number of amides is 1. The molecule has 1 aromatic rings. The first-order valence-corrected chi connectivity index (χ1v) is 7.57. The number of piperidine rings is 1. The Kier molecular flexibility index (Phi) is 4.39. The van der Waals surface area contributed by atoms with Crippen LogP contribution < -0.4 is 5.73 Å². The minimum absolute atomic E-state index is 0.129. The number of rotatable bonds is 4. The number of aliphatic carboxylic acids is 1. The van der Waals surface area contributed by atoms with Gasteiger partial charge in [0, 0.05) is 25.0 Å². The number of hydrogen-bond donors (Lipinski definition) is 2. The van der Waals surface area contributed by atoms with Gasteiger partial charge in [-0.2, -0.15) is 0 Å². The summed E-state index contributed by atoms with van der Waals surface area (Å²) in [7, 11) is 0. The van der Waals surface area contributed by atoms with E-state index in [4.69, 9.17) is 5.73 Å². The second-order valence-corrected chi connectivity index (χ2v) is 6.00. The van der Waals surface area contributed by atoms with Gasteiger partial charge in [-0.3, -0.25) is 9.59 Å². The monoisotopic (exact) mass is 297 g/mol. The lowest BCUT2D eigenvalue weighted by atomic mass is 9.76. The summed E-state index contributed by atoms with van der Waals surface area (Å²) in [5.41, 5.74) is 5.22. The lowest BCUT2D eigenvalue weighted by Crippen LogP contribution is -2.46. The van der Waals surface area contributed by atoms with Crippen molar-refractivity contribution in [1.29, 1.82) is 0 Å². The van der Waals surface area contributed by atoms with Gasteiger partial charge in [-0.1, -0.05) is 6.92 Å². The molecule has 0 saturated carbocycles. The lowest BCUT2D eigenvalue weighted by molar-refractivity contribution is -0.152. The molecule has 2 rings (SSSR count). The van der Waals surface area contributed by atoms with Crippen molar-refractivity contribution in [3.8, 4) is 0 Å². The summed E-state index contributed by atoms with van der Waals surface area (Å²) in [6.45, 7) is 3.15. The Morgan fingerprint density at radius 1 is 1.50 bits per heavy atom. The minimum atomic E-state index is -0.758. The Labute approximate surface area is 121 Å². The fourth-order valence-electron chi connectivity index (χ4n) is 2.52. The topological polar surface area (TPSA) is 96.5 Å². The zero-order chi connectivity index (χ0) is 14.8. The van der Waals surface area contributed by atoms with E-state index in [0.29, 0.717) is 44.6 Å². The van der Waals surface area contributed by atoms with E-state index in [1.54, 1.807) is 10.3 Å². The molecule has 0 radical (unpaired) electrons. The van der Waals surface area contributed by atoms with E-state index in [1.165, 1.54) is 11.3 Å². The Bertz CT molecular complexity index is 507. The van der Waals surface area contributed by atoms with E-state index in [2.05, 4.69) is 4.98 Å². The highest BCUT2D eigenvalue weighted by Gasteiger charge is 2.41. The number of carbonyl (C=O) groups excluding carboxylic acids is 1. The molecule has 7 heteroatoms. The molecule has 0 bridgehead atoms. The van der Waals surface area contributed by atoms with Crippen molar-refractivity contribution < 1.29 is 14.7 Å². The number of nitrogens with two attached hydrogens (primary N) is 1. The molecule has 1 fully saturated rings. The van der Waals surface area contributed by atoms with Crippen LogP contribution in [0.25, 0.3) is 0 Å². The van der Waals surface area contributed by atoms with Crippen molar-refractivity contribution in [3.63, 3.8) is 0 Å². The first-order chi connectivity index (χ1) is 9.52. The van der Waals surface area contributed by atoms with Crippen molar-refractivity contribution in [3.05, 3.63) is 16.1 Å². The maximum absolute atomic E-state index is 12.3. The molecule has 3 N–H and O–H groups in total. The number of carbonyl (C=O) groups is 2.